The zero-order chi connectivity index (χ0) is 18.1. The number of pyridine rings is 2. The first-order chi connectivity index (χ1) is 12.6. The van der Waals surface area contributed by atoms with Gasteiger partial charge in [0.1, 0.15) is 5.82 Å². The number of anilines is 1. The van der Waals surface area contributed by atoms with Crippen molar-refractivity contribution in [1.82, 2.24) is 20.4 Å². The first-order valence-corrected chi connectivity index (χ1v) is 8.82. The second-order valence-corrected chi connectivity index (χ2v) is 6.71. The van der Waals surface area contributed by atoms with Crippen molar-refractivity contribution in [2.45, 2.75) is 32.7 Å². The molecule has 7 heteroatoms. The summed E-state index contributed by atoms with van der Waals surface area (Å²) in [6.07, 6.45) is 3.76. The molecule has 4 heterocycles. The molecule has 4 rings (SSSR count). The topological polar surface area (TPSA) is 84.2 Å². The average molecular weight is 351 g/mol. The Bertz CT molecular complexity index is 938. The summed E-state index contributed by atoms with van der Waals surface area (Å²) in [7, 11) is 0. The van der Waals surface area contributed by atoms with Crippen molar-refractivity contribution in [2.24, 2.45) is 0 Å². The van der Waals surface area contributed by atoms with E-state index in [4.69, 9.17) is 4.52 Å². The van der Waals surface area contributed by atoms with Crippen molar-refractivity contribution < 1.29 is 9.32 Å². The van der Waals surface area contributed by atoms with E-state index in [0.717, 1.165) is 37.4 Å². The van der Waals surface area contributed by atoms with Gasteiger partial charge < -0.3 is 14.7 Å². The van der Waals surface area contributed by atoms with Crippen molar-refractivity contribution in [3.05, 3.63) is 47.4 Å². The molecule has 0 unspecified atom stereocenters. The van der Waals surface area contributed by atoms with Crippen molar-refractivity contribution in [3.8, 4) is 0 Å². The van der Waals surface area contributed by atoms with Gasteiger partial charge in [0, 0.05) is 31.0 Å². The van der Waals surface area contributed by atoms with E-state index >= 15 is 0 Å². The Morgan fingerprint density at radius 3 is 3.04 bits per heavy atom. The third-order valence-corrected chi connectivity index (χ3v) is 4.72. The van der Waals surface area contributed by atoms with Gasteiger partial charge in [-0.3, -0.25) is 4.79 Å². The lowest BCUT2D eigenvalue weighted by Crippen LogP contribution is -2.48. The molecule has 0 spiro atoms. The minimum atomic E-state index is -0.111. The number of rotatable bonds is 3. The lowest BCUT2D eigenvalue weighted by molar-refractivity contribution is 0.0934. The highest BCUT2D eigenvalue weighted by Crippen LogP contribution is 2.23. The zero-order valence-corrected chi connectivity index (χ0v) is 14.9. The van der Waals surface area contributed by atoms with Gasteiger partial charge in [0.15, 0.2) is 0 Å². The number of carbonyl (C=O) groups excluding carboxylic acids is 1. The average Bonchev–Trinajstić information content (AvgIpc) is 3.02. The molecule has 3 aromatic rings. The van der Waals surface area contributed by atoms with Crippen LogP contribution in [-0.2, 0) is 0 Å². The predicted molar refractivity (Wildman–Crippen MR) is 98.2 cm³/mol. The number of nitrogens with zero attached hydrogens (tertiary/aromatic N) is 4. The quantitative estimate of drug-likeness (QED) is 0.781. The summed E-state index contributed by atoms with van der Waals surface area (Å²) in [4.78, 5) is 23.9. The summed E-state index contributed by atoms with van der Waals surface area (Å²) in [5, 5.41) is 7.80. The van der Waals surface area contributed by atoms with Crippen LogP contribution in [0.1, 0.15) is 34.6 Å². The molecule has 0 bridgehead atoms. The highest BCUT2D eigenvalue weighted by Gasteiger charge is 2.24. The van der Waals surface area contributed by atoms with Crippen LogP contribution in [0.5, 0.6) is 0 Å². The van der Waals surface area contributed by atoms with Gasteiger partial charge >= 0.3 is 0 Å². The number of hydrogen-bond acceptors (Lipinski definition) is 6. The lowest BCUT2D eigenvalue weighted by Gasteiger charge is -2.34. The molecule has 0 saturated carbocycles. The van der Waals surface area contributed by atoms with Gasteiger partial charge in [-0.25, -0.2) is 9.97 Å². The van der Waals surface area contributed by atoms with Crippen molar-refractivity contribution in [1.29, 1.82) is 0 Å². The van der Waals surface area contributed by atoms with E-state index < -0.39 is 0 Å². The van der Waals surface area contributed by atoms with E-state index in [9.17, 15) is 4.79 Å². The summed E-state index contributed by atoms with van der Waals surface area (Å²) >= 11 is 0. The molecule has 26 heavy (non-hydrogen) atoms. The van der Waals surface area contributed by atoms with Crippen molar-refractivity contribution in [2.75, 3.05) is 18.0 Å². The predicted octanol–water partition coefficient (Wildman–Crippen LogP) is 2.63. The smallest absolute Gasteiger partial charge is 0.258 e. The molecule has 0 aromatic carbocycles. The van der Waals surface area contributed by atoms with Crippen LogP contribution in [0, 0.1) is 13.8 Å². The third-order valence-electron chi connectivity index (χ3n) is 4.72. The van der Waals surface area contributed by atoms with E-state index in [1.54, 1.807) is 12.3 Å². The number of hydrogen-bond donors (Lipinski definition) is 1. The number of nitrogens with one attached hydrogen (secondary N) is 1. The largest absolute Gasteiger partial charge is 0.355 e. The van der Waals surface area contributed by atoms with Gasteiger partial charge in [-0.2, -0.15) is 0 Å². The summed E-state index contributed by atoms with van der Waals surface area (Å²) in [5.74, 6) is 0.836. The molecule has 1 amide bonds. The maximum absolute atomic E-state index is 12.9. The summed E-state index contributed by atoms with van der Waals surface area (Å²) in [5.41, 5.74) is 2.39. The van der Waals surface area contributed by atoms with Crippen LogP contribution < -0.4 is 10.2 Å². The fourth-order valence-electron chi connectivity index (χ4n) is 3.50. The normalized spacial score (nSPS) is 17.5. The molecule has 1 aliphatic rings. The molecule has 7 nitrogen and oxygen atoms in total. The van der Waals surface area contributed by atoms with Crippen LogP contribution in [0.2, 0.25) is 0 Å². The summed E-state index contributed by atoms with van der Waals surface area (Å²) in [6, 6.07) is 7.75. The third kappa shape index (κ3) is 3.12. The SMILES string of the molecule is Cc1cc(C(=O)N[C@H]2CCCN(c3ccccn3)C2)c2c(C)noc2n1. The monoisotopic (exact) mass is 351 g/mol. The number of carbonyl (C=O) groups is 1. The fourth-order valence-corrected chi connectivity index (χ4v) is 3.50. The van der Waals surface area contributed by atoms with Crippen molar-refractivity contribution >= 4 is 22.8 Å². The molecule has 0 radical (unpaired) electrons. The minimum Gasteiger partial charge on any atom is -0.355 e. The van der Waals surface area contributed by atoms with Crippen LogP contribution in [0.4, 0.5) is 5.82 Å². The number of amides is 1. The molecule has 1 aliphatic heterocycles. The van der Waals surface area contributed by atoms with Gasteiger partial charge in [0.25, 0.3) is 11.6 Å². The van der Waals surface area contributed by atoms with Gasteiger partial charge in [0.05, 0.1) is 16.6 Å². The molecule has 0 aliphatic carbocycles. The molecule has 3 aromatic heterocycles. The Morgan fingerprint density at radius 2 is 2.23 bits per heavy atom. The number of aromatic nitrogens is 3. The van der Waals surface area contributed by atoms with E-state index in [-0.39, 0.29) is 11.9 Å². The number of fused-ring (bicyclic) bond motifs is 1. The van der Waals surface area contributed by atoms with E-state index in [0.29, 0.717) is 22.4 Å². The van der Waals surface area contributed by atoms with Gasteiger partial charge in [-0.05, 0) is 44.9 Å². The van der Waals surface area contributed by atoms with E-state index in [2.05, 4.69) is 25.3 Å². The van der Waals surface area contributed by atoms with Crippen LogP contribution in [-0.4, -0.2) is 40.2 Å². The molecule has 1 fully saturated rings. The van der Waals surface area contributed by atoms with Gasteiger partial charge in [-0.1, -0.05) is 11.2 Å². The first-order valence-electron chi connectivity index (χ1n) is 8.82. The Labute approximate surface area is 151 Å². The van der Waals surface area contributed by atoms with Gasteiger partial charge in [-0.15, -0.1) is 0 Å². The van der Waals surface area contributed by atoms with Crippen LogP contribution in [0.25, 0.3) is 11.1 Å². The molecule has 134 valence electrons. The lowest BCUT2D eigenvalue weighted by atomic mass is 10.0. The summed E-state index contributed by atoms with van der Waals surface area (Å²) < 4.78 is 5.23. The second-order valence-electron chi connectivity index (χ2n) is 6.71. The second kappa shape index (κ2) is 6.74. The van der Waals surface area contributed by atoms with Crippen LogP contribution in [0.15, 0.2) is 35.0 Å². The standard InChI is InChI=1S/C19H21N5O2/c1-12-10-15(17-13(2)23-26-19(17)21-12)18(25)22-14-6-5-9-24(11-14)16-7-3-4-8-20-16/h3-4,7-8,10,14H,5-6,9,11H2,1-2H3,(H,22,25)/t14-/m0/s1. The number of aryl methyl sites for hydroxylation is 2. The van der Waals surface area contributed by atoms with E-state index in [1.807, 2.05) is 32.0 Å². The van der Waals surface area contributed by atoms with Crippen LogP contribution in [0.3, 0.4) is 0 Å². The number of piperidine rings is 1. The Balaban J connectivity index is 1.54. The molecule has 1 N–H and O–H groups in total. The summed E-state index contributed by atoms with van der Waals surface area (Å²) in [6.45, 7) is 5.37. The van der Waals surface area contributed by atoms with E-state index in [1.165, 1.54) is 0 Å². The first kappa shape index (κ1) is 16.5. The van der Waals surface area contributed by atoms with Crippen molar-refractivity contribution in [3.63, 3.8) is 0 Å². The fraction of sp³-hybridized carbons (Fsp3) is 0.368. The minimum absolute atomic E-state index is 0.0712. The molecular formula is C19H21N5O2. The Hall–Kier alpha value is -2.96. The highest BCUT2D eigenvalue weighted by atomic mass is 16.5. The molecular weight excluding hydrogens is 330 g/mol. The maximum Gasteiger partial charge on any atom is 0.258 e. The Morgan fingerprint density at radius 1 is 1.35 bits per heavy atom. The maximum atomic E-state index is 12.9. The highest BCUT2D eigenvalue weighted by molar-refractivity contribution is 6.06. The van der Waals surface area contributed by atoms with Gasteiger partial charge in [0.2, 0.25) is 0 Å². The zero-order valence-electron chi connectivity index (χ0n) is 14.9. The van der Waals surface area contributed by atoms with Crippen LogP contribution >= 0.6 is 0 Å². The molecule has 1 saturated heterocycles. The Kier molecular flexibility index (Phi) is 4.28. The molecule has 1 atom stereocenters.